The zero-order chi connectivity index (χ0) is 16.3. The number of methoxy groups -OCH3 is 1. The Morgan fingerprint density at radius 2 is 2.23 bits per heavy atom. The van der Waals surface area contributed by atoms with Crippen molar-refractivity contribution in [1.29, 1.82) is 0 Å². The highest BCUT2D eigenvalue weighted by molar-refractivity contribution is 7.89. The van der Waals surface area contributed by atoms with Gasteiger partial charge in [-0.1, -0.05) is 11.6 Å². The molecule has 1 aliphatic rings. The van der Waals surface area contributed by atoms with Crippen LogP contribution in [0.15, 0.2) is 18.2 Å². The number of benzene rings is 1. The molecule has 6 nitrogen and oxygen atoms in total. The fraction of sp³-hybridized carbons (Fsp3) is 0.500. The van der Waals surface area contributed by atoms with E-state index in [0.29, 0.717) is 35.8 Å². The Hall–Kier alpha value is -1.31. The molecule has 1 heterocycles. The molecule has 0 spiro atoms. The predicted molar refractivity (Wildman–Crippen MR) is 85.8 cm³/mol. The van der Waals surface area contributed by atoms with Gasteiger partial charge in [-0.05, 0) is 38.0 Å². The van der Waals surface area contributed by atoms with Gasteiger partial charge < -0.3 is 10.1 Å². The standard InChI is InChI=1S/C14H19ClN2O4S/c1-3-22(19,20)17-8-4-5-12(17)14(18)16-11-9-10(15)6-7-13(11)21-2/h6-7,9,12H,3-5,8H2,1-2H3,(H,16,18)/t12-/m0/s1. The first-order valence-corrected chi connectivity index (χ1v) is 9.01. The quantitative estimate of drug-likeness (QED) is 0.885. The number of ether oxygens (including phenoxy) is 1. The van der Waals surface area contributed by atoms with Crippen LogP contribution in [-0.2, 0) is 14.8 Å². The molecular weight excluding hydrogens is 328 g/mol. The van der Waals surface area contributed by atoms with E-state index in [9.17, 15) is 13.2 Å². The average Bonchev–Trinajstić information content (AvgIpc) is 2.98. The van der Waals surface area contributed by atoms with Crippen molar-refractivity contribution in [2.75, 3.05) is 24.7 Å². The van der Waals surface area contributed by atoms with Gasteiger partial charge in [0, 0.05) is 11.6 Å². The molecule has 1 aromatic carbocycles. The normalized spacial score (nSPS) is 19.1. The summed E-state index contributed by atoms with van der Waals surface area (Å²) in [5, 5.41) is 3.17. The van der Waals surface area contributed by atoms with Gasteiger partial charge in [0.15, 0.2) is 0 Å². The highest BCUT2D eigenvalue weighted by atomic mass is 35.5. The number of anilines is 1. The van der Waals surface area contributed by atoms with Gasteiger partial charge >= 0.3 is 0 Å². The second-order valence-corrected chi connectivity index (χ2v) is 7.65. The molecule has 0 unspecified atom stereocenters. The van der Waals surface area contributed by atoms with Crippen molar-refractivity contribution in [3.63, 3.8) is 0 Å². The van der Waals surface area contributed by atoms with Gasteiger partial charge in [0.25, 0.3) is 0 Å². The third-order valence-electron chi connectivity index (χ3n) is 3.65. The summed E-state index contributed by atoms with van der Waals surface area (Å²) in [6.07, 6.45) is 1.18. The molecule has 0 aliphatic carbocycles. The van der Waals surface area contributed by atoms with Crippen molar-refractivity contribution in [3.8, 4) is 5.75 Å². The smallest absolute Gasteiger partial charge is 0.242 e. The number of amides is 1. The molecule has 0 saturated carbocycles. The van der Waals surface area contributed by atoms with Gasteiger partial charge in [-0.25, -0.2) is 8.42 Å². The van der Waals surface area contributed by atoms with E-state index in [2.05, 4.69) is 5.32 Å². The molecule has 1 saturated heterocycles. The zero-order valence-corrected chi connectivity index (χ0v) is 14.1. The Morgan fingerprint density at radius 1 is 1.50 bits per heavy atom. The van der Waals surface area contributed by atoms with Crippen molar-refractivity contribution in [2.45, 2.75) is 25.8 Å². The lowest BCUT2D eigenvalue weighted by Gasteiger charge is -2.23. The van der Waals surface area contributed by atoms with Gasteiger partial charge in [-0.2, -0.15) is 4.31 Å². The highest BCUT2D eigenvalue weighted by Gasteiger charge is 2.37. The van der Waals surface area contributed by atoms with E-state index in [4.69, 9.17) is 16.3 Å². The molecule has 1 aromatic rings. The number of hydrogen-bond acceptors (Lipinski definition) is 4. The fourth-order valence-corrected chi connectivity index (χ4v) is 3.99. The summed E-state index contributed by atoms with van der Waals surface area (Å²) in [7, 11) is -1.90. The molecule has 0 aromatic heterocycles. The van der Waals surface area contributed by atoms with E-state index in [1.54, 1.807) is 25.1 Å². The number of hydrogen-bond donors (Lipinski definition) is 1. The molecule has 1 N–H and O–H groups in total. The van der Waals surface area contributed by atoms with Crippen LogP contribution in [0.1, 0.15) is 19.8 Å². The van der Waals surface area contributed by atoms with Gasteiger partial charge in [0.05, 0.1) is 18.6 Å². The van der Waals surface area contributed by atoms with Crippen LogP contribution in [0.5, 0.6) is 5.75 Å². The molecule has 0 radical (unpaired) electrons. The molecule has 0 bridgehead atoms. The van der Waals surface area contributed by atoms with Crippen molar-refractivity contribution >= 4 is 33.2 Å². The first-order chi connectivity index (χ1) is 10.4. The van der Waals surface area contributed by atoms with E-state index in [1.807, 2.05) is 0 Å². The Morgan fingerprint density at radius 3 is 2.86 bits per heavy atom. The lowest BCUT2D eigenvalue weighted by atomic mass is 10.2. The molecule has 1 atom stereocenters. The summed E-state index contributed by atoms with van der Waals surface area (Å²) in [4.78, 5) is 12.5. The molecular formula is C14H19ClN2O4S. The van der Waals surface area contributed by atoms with E-state index < -0.39 is 16.1 Å². The molecule has 22 heavy (non-hydrogen) atoms. The third-order valence-corrected chi connectivity index (χ3v) is 5.76. The van der Waals surface area contributed by atoms with E-state index in [-0.39, 0.29) is 11.7 Å². The van der Waals surface area contributed by atoms with Crippen LogP contribution in [0, 0.1) is 0 Å². The van der Waals surface area contributed by atoms with Crippen molar-refractivity contribution in [2.24, 2.45) is 0 Å². The molecule has 2 rings (SSSR count). The highest BCUT2D eigenvalue weighted by Crippen LogP contribution is 2.29. The van der Waals surface area contributed by atoms with Crippen LogP contribution < -0.4 is 10.1 Å². The molecule has 1 aliphatic heterocycles. The van der Waals surface area contributed by atoms with Gasteiger partial charge in [0.2, 0.25) is 15.9 Å². The molecule has 122 valence electrons. The summed E-state index contributed by atoms with van der Waals surface area (Å²) in [5.74, 6) is 0.0906. The number of carbonyl (C=O) groups excluding carboxylic acids is 1. The Labute approximate surface area is 135 Å². The van der Waals surface area contributed by atoms with Crippen LogP contribution >= 0.6 is 11.6 Å². The Balaban J connectivity index is 2.20. The van der Waals surface area contributed by atoms with Gasteiger partial charge in [0.1, 0.15) is 11.8 Å². The maximum Gasteiger partial charge on any atom is 0.242 e. The monoisotopic (exact) mass is 346 g/mol. The van der Waals surface area contributed by atoms with Crippen LogP contribution in [-0.4, -0.2) is 44.1 Å². The van der Waals surface area contributed by atoms with Crippen LogP contribution in [0.25, 0.3) is 0 Å². The second-order valence-electron chi connectivity index (χ2n) is 5.00. The van der Waals surface area contributed by atoms with E-state index in [0.717, 1.165) is 0 Å². The van der Waals surface area contributed by atoms with E-state index >= 15 is 0 Å². The summed E-state index contributed by atoms with van der Waals surface area (Å²) in [6.45, 7) is 1.95. The van der Waals surface area contributed by atoms with Crippen LogP contribution in [0.2, 0.25) is 5.02 Å². The topological polar surface area (TPSA) is 75.7 Å². The van der Waals surface area contributed by atoms with Gasteiger partial charge in [-0.3, -0.25) is 4.79 Å². The largest absolute Gasteiger partial charge is 0.495 e. The SMILES string of the molecule is CCS(=O)(=O)N1CCC[C@H]1C(=O)Nc1cc(Cl)ccc1OC. The summed E-state index contributed by atoms with van der Waals surface area (Å²) >= 11 is 5.93. The maximum atomic E-state index is 12.5. The average molecular weight is 347 g/mol. The summed E-state index contributed by atoms with van der Waals surface area (Å²) < 4.78 is 30.5. The number of rotatable bonds is 5. The van der Waals surface area contributed by atoms with E-state index in [1.165, 1.54) is 11.4 Å². The first kappa shape index (κ1) is 17.1. The van der Waals surface area contributed by atoms with Crippen LogP contribution in [0.3, 0.4) is 0 Å². The van der Waals surface area contributed by atoms with Crippen molar-refractivity contribution in [3.05, 3.63) is 23.2 Å². The number of nitrogens with one attached hydrogen (secondary N) is 1. The zero-order valence-electron chi connectivity index (χ0n) is 12.5. The van der Waals surface area contributed by atoms with Crippen molar-refractivity contribution < 1.29 is 17.9 Å². The molecule has 1 amide bonds. The fourth-order valence-electron chi connectivity index (χ4n) is 2.49. The minimum atomic E-state index is -3.39. The minimum Gasteiger partial charge on any atom is -0.495 e. The molecule has 8 heteroatoms. The maximum absolute atomic E-state index is 12.5. The number of halogens is 1. The number of sulfonamides is 1. The minimum absolute atomic E-state index is 0.0166. The number of carbonyl (C=O) groups is 1. The summed E-state index contributed by atoms with van der Waals surface area (Å²) in [6, 6.07) is 4.19. The second kappa shape index (κ2) is 6.85. The Bertz CT molecular complexity index is 663. The predicted octanol–water partition coefficient (Wildman–Crippen LogP) is 2.10. The van der Waals surface area contributed by atoms with Gasteiger partial charge in [-0.15, -0.1) is 0 Å². The van der Waals surface area contributed by atoms with Crippen molar-refractivity contribution in [1.82, 2.24) is 4.31 Å². The first-order valence-electron chi connectivity index (χ1n) is 7.03. The third kappa shape index (κ3) is 3.53. The number of nitrogens with zero attached hydrogens (tertiary/aromatic N) is 1. The molecule has 1 fully saturated rings. The van der Waals surface area contributed by atoms with Crippen LogP contribution in [0.4, 0.5) is 5.69 Å². The Kier molecular flexibility index (Phi) is 5.31. The lowest BCUT2D eigenvalue weighted by Crippen LogP contribution is -2.43. The lowest BCUT2D eigenvalue weighted by molar-refractivity contribution is -0.119. The summed E-state index contributed by atoms with van der Waals surface area (Å²) in [5.41, 5.74) is 0.431.